The lowest BCUT2D eigenvalue weighted by Crippen LogP contribution is -2.40. The van der Waals surface area contributed by atoms with E-state index in [0.29, 0.717) is 17.2 Å². The van der Waals surface area contributed by atoms with Gasteiger partial charge in [-0.25, -0.2) is 5.84 Å². The highest BCUT2D eigenvalue weighted by molar-refractivity contribution is 5.80. The lowest BCUT2D eigenvalue weighted by molar-refractivity contribution is -0.127. The van der Waals surface area contributed by atoms with Crippen molar-refractivity contribution in [2.75, 3.05) is 14.2 Å². The van der Waals surface area contributed by atoms with Gasteiger partial charge in [-0.15, -0.1) is 0 Å². The van der Waals surface area contributed by atoms with E-state index in [1.165, 1.54) is 14.2 Å². The van der Waals surface area contributed by atoms with Gasteiger partial charge >= 0.3 is 0 Å². The first kappa shape index (κ1) is 13.1. The summed E-state index contributed by atoms with van der Waals surface area (Å²) in [5.41, 5.74) is 2.02. The predicted octanol–water partition coefficient (Wildman–Crippen LogP) is 0.461. The number of benzene rings is 1. The van der Waals surface area contributed by atoms with Crippen molar-refractivity contribution in [3.8, 4) is 17.2 Å². The quantitative estimate of drug-likeness (QED) is 0.444. The molecule has 0 spiro atoms. The Bertz CT molecular complexity index is 373. The summed E-state index contributed by atoms with van der Waals surface area (Å²) in [6.07, 6.45) is -0.697. The first-order chi connectivity index (χ1) is 8.10. The van der Waals surface area contributed by atoms with Crippen LogP contribution >= 0.6 is 0 Å². The maximum atomic E-state index is 11.2. The van der Waals surface area contributed by atoms with Crippen molar-refractivity contribution >= 4 is 5.91 Å². The number of rotatable bonds is 5. The Morgan fingerprint density at radius 2 is 1.65 bits per heavy atom. The van der Waals surface area contributed by atoms with Crippen LogP contribution in [-0.4, -0.2) is 26.2 Å². The third kappa shape index (κ3) is 3.53. The highest BCUT2D eigenvalue weighted by atomic mass is 16.5. The normalized spacial score (nSPS) is 11.5. The molecule has 0 aliphatic heterocycles. The molecule has 0 fully saturated rings. The van der Waals surface area contributed by atoms with Gasteiger partial charge in [-0.1, -0.05) is 0 Å². The van der Waals surface area contributed by atoms with E-state index in [1.54, 1.807) is 25.1 Å². The van der Waals surface area contributed by atoms with E-state index in [2.05, 4.69) is 0 Å². The van der Waals surface area contributed by atoms with Crippen LogP contribution in [0, 0.1) is 0 Å². The van der Waals surface area contributed by atoms with E-state index in [-0.39, 0.29) is 0 Å². The summed E-state index contributed by atoms with van der Waals surface area (Å²) in [5, 5.41) is 0. The maximum absolute atomic E-state index is 11.2. The Kier molecular flexibility index (Phi) is 4.59. The van der Waals surface area contributed by atoms with E-state index >= 15 is 0 Å². The summed E-state index contributed by atoms with van der Waals surface area (Å²) in [4.78, 5) is 11.2. The molecule has 6 nitrogen and oxygen atoms in total. The van der Waals surface area contributed by atoms with Crippen molar-refractivity contribution in [3.05, 3.63) is 18.2 Å². The molecule has 0 bridgehead atoms. The van der Waals surface area contributed by atoms with Gasteiger partial charge in [-0.05, 0) is 6.92 Å². The molecule has 0 aliphatic carbocycles. The fourth-order valence-electron chi connectivity index (χ4n) is 1.22. The molecule has 0 saturated heterocycles. The molecule has 1 aromatic carbocycles. The van der Waals surface area contributed by atoms with Crippen LogP contribution in [-0.2, 0) is 4.79 Å². The zero-order chi connectivity index (χ0) is 12.8. The molecule has 1 atom stereocenters. The topological polar surface area (TPSA) is 82.8 Å². The molecule has 1 rings (SSSR count). The zero-order valence-corrected chi connectivity index (χ0v) is 10.0. The van der Waals surface area contributed by atoms with Gasteiger partial charge < -0.3 is 14.2 Å². The van der Waals surface area contributed by atoms with Gasteiger partial charge in [0.1, 0.15) is 17.2 Å². The first-order valence-electron chi connectivity index (χ1n) is 5.01. The number of carbonyl (C=O) groups is 1. The molecule has 0 aliphatic rings. The number of ether oxygens (including phenoxy) is 3. The minimum Gasteiger partial charge on any atom is -0.496 e. The Hall–Kier alpha value is -1.95. The predicted molar refractivity (Wildman–Crippen MR) is 62.0 cm³/mol. The average molecular weight is 240 g/mol. The molecule has 1 amide bonds. The highest BCUT2D eigenvalue weighted by Crippen LogP contribution is 2.27. The Labute approximate surface area is 99.6 Å². The SMILES string of the molecule is COc1cc(OC)cc(OC(C)C(=O)NN)c1. The summed E-state index contributed by atoms with van der Waals surface area (Å²) < 4.78 is 15.6. The minimum absolute atomic E-state index is 0.410. The van der Waals surface area contributed by atoms with Crippen LogP contribution in [0.3, 0.4) is 0 Å². The Morgan fingerprint density at radius 3 is 2.06 bits per heavy atom. The van der Waals surface area contributed by atoms with Gasteiger partial charge in [-0.3, -0.25) is 10.2 Å². The second-order valence-corrected chi connectivity index (χ2v) is 3.32. The number of methoxy groups -OCH3 is 2. The van der Waals surface area contributed by atoms with Crippen molar-refractivity contribution in [1.29, 1.82) is 0 Å². The van der Waals surface area contributed by atoms with Crippen LogP contribution in [0.1, 0.15) is 6.92 Å². The number of carbonyl (C=O) groups excluding carboxylic acids is 1. The highest BCUT2D eigenvalue weighted by Gasteiger charge is 2.14. The summed E-state index contributed by atoms with van der Waals surface area (Å²) in [6.45, 7) is 1.59. The number of amides is 1. The molecule has 6 heteroatoms. The number of nitrogens with one attached hydrogen (secondary N) is 1. The number of hydrazine groups is 1. The van der Waals surface area contributed by atoms with E-state index in [1.807, 2.05) is 5.43 Å². The van der Waals surface area contributed by atoms with E-state index in [4.69, 9.17) is 20.1 Å². The standard InChI is InChI=1S/C11H16N2O4/c1-7(11(14)13-12)17-10-5-8(15-2)4-9(6-10)16-3/h4-7H,12H2,1-3H3,(H,13,14). The molecular formula is C11H16N2O4. The third-order valence-electron chi connectivity index (χ3n) is 2.15. The van der Waals surface area contributed by atoms with Gasteiger partial charge in [0.2, 0.25) is 0 Å². The van der Waals surface area contributed by atoms with Crippen LogP contribution < -0.4 is 25.5 Å². The van der Waals surface area contributed by atoms with Gasteiger partial charge in [0.25, 0.3) is 5.91 Å². The average Bonchev–Trinajstić information content (AvgIpc) is 2.36. The van der Waals surface area contributed by atoms with Crippen molar-refractivity contribution < 1.29 is 19.0 Å². The zero-order valence-electron chi connectivity index (χ0n) is 10.0. The van der Waals surface area contributed by atoms with Crippen LogP contribution in [0.4, 0.5) is 0 Å². The van der Waals surface area contributed by atoms with Gasteiger partial charge in [0, 0.05) is 18.2 Å². The summed E-state index contributed by atoms with van der Waals surface area (Å²) in [5.74, 6) is 6.24. The van der Waals surface area contributed by atoms with Crippen LogP contribution in [0.2, 0.25) is 0 Å². The van der Waals surface area contributed by atoms with Crippen molar-refractivity contribution in [1.82, 2.24) is 5.43 Å². The molecule has 17 heavy (non-hydrogen) atoms. The first-order valence-corrected chi connectivity index (χ1v) is 5.01. The lowest BCUT2D eigenvalue weighted by Gasteiger charge is -2.14. The molecule has 0 radical (unpaired) electrons. The second kappa shape index (κ2) is 5.95. The molecule has 3 N–H and O–H groups in total. The largest absolute Gasteiger partial charge is 0.496 e. The summed E-state index contributed by atoms with van der Waals surface area (Å²) >= 11 is 0. The van der Waals surface area contributed by atoms with Crippen LogP contribution in [0.25, 0.3) is 0 Å². The van der Waals surface area contributed by atoms with Crippen molar-refractivity contribution in [3.63, 3.8) is 0 Å². The molecule has 0 aromatic heterocycles. The third-order valence-corrected chi connectivity index (χ3v) is 2.15. The second-order valence-electron chi connectivity index (χ2n) is 3.32. The minimum atomic E-state index is -0.697. The summed E-state index contributed by atoms with van der Waals surface area (Å²) in [6, 6.07) is 5.02. The molecule has 0 saturated carbocycles. The van der Waals surface area contributed by atoms with Crippen LogP contribution in [0.15, 0.2) is 18.2 Å². The van der Waals surface area contributed by atoms with E-state index in [9.17, 15) is 4.79 Å². The van der Waals surface area contributed by atoms with E-state index < -0.39 is 12.0 Å². The van der Waals surface area contributed by atoms with E-state index in [0.717, 1.165) is 0 Å². The van der Waals surface area contributed by atoms with Gasteiger partial charge in [0.05, 0.1) is 14.2 Å². The smallest absolute Gasteiger partial charge is 0.274 e. The maximum Gasteiger partial charge on any atom is 0.274 e. The van der Waals surface area contributed by atoms with Gasteiger partial charge in [-0.2, -0.15) is 0 Å². The Balaban J connectivity index is 2.86. The monoisotopic (exact) mass is 240 g/mol. The molecule has 0 heterocycles. The molecular weight excluding hydrogens is 224 g/mol. The lowest BCUT2D eigenvalue weighted by atomic mass is 10.3. The van der Waals surface area contributed by atoms with Crippen LogP contribution in [0.5, 0.6) is 17.2 Å². The number of hydrogen-bond acceptors (Lipinski definition) is 5. The molecule has 94 valence electrons. The van der Waals surface area contributed by atoms with Crippen molar-refractivity contribution in [2.24, 2.45) is 5.84 Å². The Morgan fingerprint density at radius 1 is 1.18 bits per heavy atom. The fraction of sp³-hybridized carbons (Fsp3) is 0.364. The van der Waals surface area contributed by atoms with Crippen molar-refractivity contribution in [2.45, 2.75) is 13.0 Å². The number of hydrogen-bond donors (Lipinski definition) is 2. The number of nitrogens with two attached hydrogens (primary N) is 1. The van der Waals surface area contributed by atoms with Gasteiger partial charge in [0.15, 0.2) is 6.10 Å². The molecule has 1 unspecified atom stereocenters. The molecule has 1 aromatic rings. The summed E-state index contributed by atoms with van der Waals surface area (Å²) in [7, 11) is 3.07. The fourth-order valence-corrected chi connectivity index (χ4v) is 1.22.